The van der Waals surface area contributed by atoms with Gasteiger partial charge in [0.15, 0.2) is 11.5 Å². The molecule has 0 aromatic heterocycles. The van der Waals surface area contributed by atoms with Crippen LogP contribution in [0.3, 0.4) is 0 Å². The van der Waals surface area contributed by atoms with E-state index in [-0.39, 0.29) is 11.9 Å². The number of amides is 1. The topological polar surface area (TPSA) is 50.8 Å². The summed E-state index contributed by atoms with van der Waals surface area (Å²) in [6.07, 6.45) is 3.70. The molecular weight excluding hydrogens is 292 g/mol. The van der Waals surface area contributed by atoms with Crippen molar-refractivity contribution in [3.8, 4) is 11.5 Å². The molecule has 0 spiro atoms. The summed E-state index contributed by atoms with van der Waals surface area (Å²) in [5.74, 6) is 1.71. The number of rotatable bonds is 2. The Morgan fingerprint density at radius 1 is 1.17 bits per heavy atom. The average Bonchev–Trinajstić information content (AvgIpc) is 2.60. The molecule has 0 bridgehead atoms. The Hall–Kier alpha value is -2.17. The number of methoxy groups -OCH3 is 2. The van der Waals surface area contributed by atoms with Crippen LogP contribution in [0, 0.1) is 0 Å². The first-order valence-corrected chi connectivity index (χ1v) is 8.24. The Labute approximate surface area is 136 Å². The molecule has 1 amide bonds. The number of carbonyl (C=O) groups excluding carboxylic acids is 1. The van der Waals surface area contributed by atoms with E-state index in [2.05, 4.69) is 11.4 Å². The number of hydrogen-bond donors (Lipinski definition) is 1. The molecule has 122 valence electrons. The molecular formula is C18H22N2O3. The number of fused-ring (bicyclic) bond motifs is 3. The maximum atomic E-state index is 12.9. The number of hydrogen-bond acceptors (Lipinski definition) is 4. The van der Waals surface area contributed by atoms with Gasteiger partial charge in [-0.2, -0.15) is 0 Å². The van der Waals surface area contributed by atoms with Crippen LogP contribution in [-0.4, -0.2) is 38.1 Å². The lowest BCUT2D eigenvalue weighted by molar-refractivity contribution is -0.131. The summed E-state index contributed by atoms with van der Waals surface area (Å²) in [6.45, 7) is 1.75. The van der Waals surface area contributed by atoms with Crippen molar-refractivity contribution in [3.05, 3.63) is 34.5 Å². The van der Waals surface area contributed by atoms with Crippen LogP contribution in [0.4, 0.5) is 0 Å². The van der Waals surface area contributed by atoms with Crippen LogP contribution < -0.4 is 14.8 Å². The van der Waals surface area contributed by atoms with Crippen LogP contribution in [0.5, 0.6) is 11.5 Å². The van der Waals surface area contributed by atoms with Crippen LogP contribution in [0.2, 0.25) is 0 Å². The third-order valence-electron chi connectivity index (χ3n) is 5.23. The van der Waals surface area contributed by atoms with Crippen molar-refractivity contribution in [1.82, 2.24) is 10.2 Å². The van der Waals surface area contributed by atoms with E-state index in [1.54, 1.807) is 14.2 Å². The van der Waals surface area contributed by atoms with Crippen LogP contribution in [-0.2, 0) is 11.2 Å². The van der Waals surface area contributed by atoms with E-state index >= 15 is 0 Å². The standard InChI is InChI=1S/C18H22N2O3/c1-22-16-8-11-5-7-20-15(13(11)9-17(16)23-2)10-14-12(18(20)21)4-3-6-19-14/h8-9,15,19H,3-7,10H2,1-2H3. The van der Waals surface area contributed by atoms with Gasteiger partial charge in [-0.25, -0.2) is 0 Å². The van der Waals surface area contributed by atoms with Gasteiger partial charge in [-0.3, -0.25) is 4.79 Å². The Kier molecular flexibility index (Phi) is 3.43. The smallest absolute Gasteiger partial charge is 0.252 e. The molecule has 0 radical (unpaired) electrons. The van der Waals surface area contributed by atoms with Gasteiger partial charge in [0, 0.05) is 30.8 Å². The highest BCUT2D eigenvalue weighted by atomic mass is 16.5. The number of carbonyl (C=O) groups is 1. The lowest BCUT2D eigenvalue weighted by atomic mass is 9.83. The molecule has 3 aliphatic rings. The summed E-state index contributed by atoms with van der Waals surface area (Å²) in [7, 11) is 3.31. The van der Waals surface area contributed by atoms with Crippen LogP contribution in [0.15, 0.2) is 23.4 Å². The fourth-order valence-electron chi connectivity index (χ4n) is 4.05. The van der Waals surface area contributed by atoms with Gasteiger partial charge >= 0.3 is 0 Å². The zero-order chi connectivity index (χ0) is 16.0. The van der Waals surface area contributed by atoms with Crippen molar-refractivity contribution < 1.29 is 14.3 Å². The molecule has 4 rings (SSSR count). The van der Waals surface area contributed by atoms with E-state index in [1.165, 1.54) is 11.1 Å². The molecule has 3 heterocycles. The Balaban J connectivity index is 1.78. The van der Waals surface area contributed by atoms with E-state index in [4.69, 9.17) is 9.47 Å². The quantitative estimate of drug-likeness (QED) is 0.909. The Morgan fingerprint density at radius 3 is 2.74 bits per heavy atom. The number of nitrogens with one attached hydrogen (secondary N) is 1. The maximum absolute atomic E-state index is 12.9. The van der Waals surface area contributed by atoms with Gasteiger partial charge in [0.05, 0.1) is 20.3 Å². The van der Waals surface area contributed by atoms with Crippen molar-refractivity contribution in [2.75, 3.05) is 27.3 Å². The minimum Gasteiger partial charge on any atom is -0.493 e. The number of benzene rings is 1. The van der Waals surface area contributed by atoms with E-state index in [0.717, 1.165) is 61.5 Å². The van der Waals surface area contributed by atoms with E-state index in [9.17, 15) is 4.79 Å². The molecule has 1 atom stereocenters. The Bertz CT molecular complexity index is 696. The van der Waals surface area contributed by atoms with Crippen LogP contribution in [0.25, 0.3) is 0 Å². The van der Waals surface area contributed by atoms with Gasteiger partial charge in [0.2, 0.25) is 0 Å². The highest BCUT2D eigenvalue weighted by Crippen LogP contribution is 2.43. The van der Waals surface area contributed by atoms with Gasteiger partial charge in [-0.05, 0) is 42.5 Å². The zero-order valence-corrected chi connectivity index (χ0v) is 13.6. The van der Waals surface area contributed by atoms with Gasteiger partial charge in [0.25, 0.3) is 5.91 Å². The molecule has 1 unspecified atom stereocenters. The lowest BCUT2D eigenvalue weighted by Crippen LogP contribution is -2.46. The summed E-state index contributed by atoms with van der Waals surface area (Å²) in [4.78, 5) is 14.9. The molecule has 3 aliphatic heterocycles. The molecule has 5 nitrogen and oxygen atoms in total. The van der Waals surface area contributed by atoms with Crippen molar-refractivity contribution in [1.29, 1.82) is 0 Å². The van der Waals surface area contributed by atoms with Crippen molar-refractivity contribution in [2.45, 2.75) is 31.7 Å². The Morgan fingerprint density at radius 2 is 1.96 bits per heavy atom. The third kappa shape index (κ3) is 2.18. The summed E-state index contributed by atoms with van der Waals surface area (Å²) in [6, 6.07) is 4.22. The normalized spacial score (nSPS) is 22.8. The first kappa shape index (κ1) is 14.4. The van der Waals surface area contributed by atoms with E-state index < -0.39 is 0 Å². The predicted octanol–water partition coefficient (Wildman–Crippen LogP) is 2.17. The highest BCUT2D eigenvalue weighted by Gasteiger charge is 2.39. The number of nitrogens with zero attached hydrogens (tertiary/aromatic N) is 1. The van der Waals surface area contributed by atoms with Crippen molar-refractivity contribution in [2.24, 2.45) is 0 Å². The second-order valence-electron chi connectivity index (χ2n) is 6.36. The van der Waals surface area contributed by atoms with Crippen LogP contribution in [0.1, 0.15) is 36.4 Å². The monoisotopic (exact) mass is 314 g/mol. The third-order valence-corrected chi connectivity index (χ3v) is 5.23. The number of ether oxygens (including phenoxy) is 2. The first-order valence-electron chi connectivity index (χ1n) is 8.24. The fraction of sp³-hybridized carbons (Fsp3) is 0.500. The van der Waals surface area contributed by atoms with E-state index in [1.807, 2.05) is 11.0 Å². The van der Waals surface area contributed by atoms with E-state index in [0.29, 0.717) is 0 Å². The fourth-order valence-corrected chi connectivity index (χ4v) is 4.05. The molecule has 0 aliphatic carbocycles. The summed E-state index contributed by atoms with van der Waals surface area (Å²) in [5.41, 5.74) is 4.60. The molecule has 1 N–H and O–H groups in total. The largest absolute Gasteiger partial charge is 0.493 e. The average molecular weight is 314 g/mol. The van der Waals surface area contributed by atoms with Gasteiger partial charge in [0.1, 0.15) is 0 Å². The summed E-state index contributed by atoms with van der Waals surface area (Å²) in [5, 5.41) is 3.44. The molecule has 0 fully saturated rings. The maximum Gasteiger partial charge on any atom is 0.252 e. The van der Waals surface area contributed by atoms with Crippen molar-refractivity contribution >= 4 is 5.91 Å². The van der Waals surface area contributed by atoms with Gasteiger partial charge in [-0.15, -0.1) is 0 Å². The minimum atomic E-state index is 0.107. The highest BCUT2D eigenvalue weighted by molar-refractivity contribution is 5.96. The molecule has 5 heteroatoms. The SMILES string of the molecule is COc1cc2c(cc1OC)C1CC3=C(CCCN3)C(=O)N1CC2. The van der Waals surface area contributed by atoms with Gasteiger partial charge < -0.3 is 19.7 Å². The minimum absolute atomic E-state index is 0.107. The predicted molar refractivity (Wildman–Crippen MR) is 86.6 cm³/mol. The summed E-state index contributed by atoms with van der Waals surface area (Å²) >= 11 is 0. The molecule has 1 aromatic carbocycles. The first-order chi connectivity index (χ1) is 11.2. The second kappa shape index (κ2) is 5.48. The second-order valence-corrected chi connectivity index (χ2v) is 6.36. The molecule has 23 heavy (non-hydrogen) atoms. The molecule has 1 aromatic rings. The molecule has 0 saturated carbocycles. The van der Waals surface area contributed by atoms with Crippen LogP contribution >= 0.6 is 0 Å². The van der Waals surface area contributed by atoms with Gasteiger partial charge in [-0.1, -0.05) is 0 Å². The zero-order valence-electron chi connectivity index (χ0n) is 13.6. The van der Waals surface area contributed by atoms with Crippen molar-refractivity contribution in [3.63, 3.8) is 0 Å². The lowest BCUT2D eigenvalue weighted by Gasteiger charge is -2.43. The summed E-state index contributed by atoms with van der Waals surface area (Å²) < 4.78 is 10.9. The molecule has 0 saturated heterocycles.